The third-order valence-corrected chi connectivity index (χ3v) is 6.84. The van der Waals surface area contributed by atoms with Gasteiger partial charge in [0.15, 0.2) is 0 Å². The zero-order valence-electron chi connectivity index (χ0n) is 15.5. The van der Waals surface area contributed by atoms with Crippen LogP contribution in [0.25, 0.3) is 0 Å². The van der Waals surface area contributed by atoms with Gasteiger partial charge >= 0.3 is 6.03 Å². The molecule has 1 atom stereocenters. The van der Waals surface area contributed by atoms with Crippen LogP contribution in [0.1, 0.15) is 53.7 Å². The number of hydrogen-bond donors (Lipinski definition) is 1. The minimum atomic E-state index is -0.394. The van der Waals surface area contributed by atoms with Gasteiger partial charge in [0.25, 0.3) is 5.91 Å². The fourth-order valence-corrected chi connectivity index (χ4v) is 5.04. The molecule has 1 fully saturated rings. The van der Waals surface area contributed by atoms with Gasteiger partial charge in [-0.3, -0.25) is 4.79 Å². The van der Waals surface area contributed by atoms with Crippen molar-refractivity contribution < 1.29 is 9.59 Å². The SMILES string of the molecule is CC(C)(C)C1CCc2sc(C(=O)N3CCCN(C(N)=O)CC3)cc2C1. The first-order chi connectivity index (χ1) is 11.8. The van der Waals surface area contributed by atoms with Crippen molar-refractivity contribution in [3.8, 4) is 0 Å². The Morgan fingerprint density at radius 2 is 1.84 bits per heavy atom. The number of thiophene rings is 1. The van der Waals surface area contributed by atoms with E-state index < -0.39 is 6.03 Å². The van der Waals surface area contributed by atoms with Crippen LogP contribution in [0, 0.1) is 11.3 Å². The number of rotatable bonds is 1. The van der Waals surface area contributed by atoms with E-state index in [-0.39, 0.29) is 5.91 Å². The Labute approximate surface area is 154 Å². The molecule has 2 aliphatic rings. The molecule has 1 saturated heterocycles. The lowest BCUT2D eigenvalue weighted by Gasteiger charge is -2.33. The molecule has 1 aliphatic heterocycles. The second kappa shape index (κ2) is 6.98. The maximum Gasteiger partial charge on any atom is 0.314 e. The highest BCUT2D eigenvalue weighted by atomic mass is 32.1. The highest BCUT2D eigenvalue weighted by Crippen LogP contribution is 2.40. The predicted molar refractivity (Wildman–Crippen MR) is 101 cm³/mol. The summed E-state index contributed by atoms with van der Waals surface area (Å²) in [6, 6.07) is 1.73. The number of hydrogen-bond acceptors (Lipinski definition) is 3. The molecule has 6 heteroatoms. The second-order valence-electron chi connectivity index (χ2n) is 8.34. The second-order valence-corrected chi connectivity index (χ2v) is 9.47. The maximum absolute atomic E-state index is 12.9. The van der Waals surface area contributed by atoms with Gasteiger partial charge < -0.3 is 15.5 Å². The molecule has 3 rings (SSSR count). The summed E-state index contributed by atoms with van der Waals surface area (Å²) in [5.41, 5.74) is 7.05. The van der Waals surface area contributed by atoms with Crippen LogP contribution in [0.3, 0.4) is 0 Å². The third kappa shape index (κ3) is 4.00. The third-order valence-electron chi connectivity index (χ3n) is 5.61. The van der Waals surface area contributed by atoms with Crippen molar-refractivity contribution >= 4 is 23.3 Å². The van der Waals surface area contributed by atoms with Crippen LogP contribution < -0.4 is 5.73 Å². The lowest BCUT2D eigenvalue weighted by Crippen LogP contribution is -2.39. The summed E-state index contributed by atoms with van der Waals surface area (Å²) in [6.07, 6.45) is 4.16. The lowest BCUT2D eigenvalue weighted by atomic mass is 9.72. The normalized spacial score (nSPS) is 21.6. The van der Waals surface area contributed by atoms with E-state index in [4.69, 9.17) is 5.73 Å². The van der Waals surface area contributed by atoms with Crippen LogP contribution in [-0.2, 0) is 12.8 Å². The van der Waals surface area contributed by atoms with Crippen LogP contribution >= 0.6 is 11.3 Å². The van der Waals surface area contributed by atoms with Gasteiger partial charge in [0.05, 0.1) is 4.88 Å². The van der Waals surface area contributed by atoms with E-state index in [1.165, 1.54) is 16.9 Å². The van der Waals surface area contributed by atoms with Gasteiger partial charge in [-0.25, -0.2) is 4.79 Å². The molecular weight excluding hydrogens is 334 g/mol. The molecule has 0 aromatic carbocycles. The molecule has 1 aliphatic carbocycles. The number of nitrogens with zero attached hydrogens (tertiary/aromatic N) is 2. The minimum absolute atomic E-state index is 0.109. The molecule has 0 saturated carbocycles. The van der Waals surface area contributed by atoms with Crippen molar-refractivity contribution in [1.82, 2.24) is 9.80 Å². The Kier molecular flexibility index (Phi) is 5.09. The summed E-state index contributed by atoms with van der Waals surface area (Å²) in [5, 5.41) is 0. The van der Waals surface area contributed by atoms with Crippen molar-refractivity contribution in [1.29, 1.82) is 0 Å². The van der Waals surface area contributed by atoms with Crippen molar-refractivity contribution in [2.24, 2.45) is 17.1 Å². The van der Waals surface area contributed by atoms with Crippen LogP contribution in [0.2, 0.25) is 0 Å². The monoisotopic (exact) mass is 363 g/mol. The summed E-state index contributed by atoms with van der Waals surface area (Å²) in [4.78, 5) is 30.0. The van der Waals surface area contributed by atoms with Crippen molar-refractivity contribution in [3.05, 3.63) is 21.4 Å². The number of nitrogens with two attached hydrogens (primary N) is 1. The number of primary amides is 1. The van der Waals surface area contributed by atoms with Gasteiger partial charge in [-0.05, 0) is 48.6 Å². The zero-order valence-corrected chi connectivity index (χ0v) is 16.3. The van der Waals surface area contributed by atoms with Crippen molar-refractivity contribution in [3.63, 3.8) is 0 Å². The molecule has 0 spiro atoms. The smallest absolute Gasteiger partial charge is 0.314 e. The van der Waals surface area contributed by atoms with E-state index in [0.29, 0.717) is 37.5 Å². The fourth-order valence-electron chi connectivity index (χ4n) is 3.87. The predicted octanol–water partition coefficient (Wildman–Crippen LogP) is 3.13. The number of amides is 3. The molecule has 1 aromatic heterocycles. The van der Waals surface area contributed by atoms with Gasteiger partial charge in [0, 0.05) is 31.1 Å². The van der Waals surface area contributed by atoms with E-state index in [9.17, 15) is 9.59 Å². The van der Waals surface area contributed by atoms with Gasteiger partial charge in [-0.2, -0.15) is 0 Å². The van der Waals surface area contributed by atoms with E-state index >= 15 is 0 Å². The number of fused-ring (bicyclic) bond motifs is 1. The number of urea groups is 1. The van der Waals surface area contributed by atoms with Crippen molar-refractivity contribution in [2.45, 2.75) is 46.5 Å². The summed E-state index contributed by atoms with van der Waals surface area (Å²) in [5.74, 6) is 0.790. The maximum atomic E-state index is 12.9. The number of carbonyl (C=O) groups is 2. The van der Waals surface area contributed by atoms with Crippen LogP contribution in [0.5, 0.6) is 0 Å². The summed E-state index contributed by atoms with van der Waals surface area (Å²) >= 11 is 1.67. The Balaban J connectivity index is 1.70. The molecule has 138 valence electrons. The first kappa shape index (κ1) is 18.2. The molecule has 3 amide bonds. The first-order valence-electron chi connectivity index (χ1n) is 9.21. The average Bonchev–Trinajstić information content (AvgIpc) is 2.81. The highest BCUT2D eigenvalue weighted by Gasteiger charge is 2.31. The van der Waals surface area contributed by atoms with E-state index in [1.54, 1.807) is 16.2 Å². The van der Waals surface area contributed by atoms with E-state index in [2.05, 4.69) is 26.8 Å². The first-order valence-corrected chi connectivity index (χ1v) is 10.0. The minimum Gasteiger partial charge on any atom is -0.351 e. The Morgan fingerprint density at radius 3 is 2.52 bits per heavy atom. The van der Waals surface area contributed by atoms with E-state index in [1.807, 2.05) is 4.90 Å². The quantitative estimate of drug-likeness (QED) is 0.833. The van der Waals surface area contributed by atoms with Crippen LogP contribution in [0.4, 0.5) is 4.79 Å². The van der Waals surface area contributed by atoms with Gasteiger partial charge in [-0.15, -0.1) is 11.3 Å². The topological polar surface area (TPSA) is 66.6 Å². The molecule has 25 heavy (non-hydrogen) atoms. The number of aryl methyl sites for hydroxylation is 1. The fraction of sp³-hybridized carbons (Fsp3) is 0.684. The van der Waals surface area contributed by atoms with Crippen molar-refractivity contribution in [2.75, 3.05) is 26.2 Å². The highest BCUT2D eigenvalue weighted by molar-refractivity contribution is 7.14. The molecule has 0 bridgehead atoms. The average molecular weight is 364 g/mol. The summed E-state index contributed by atoms with van der Waals surface area (Å²) in [6.45, 7) is 9.34. The van der Waals surface area contributed by atoms with E-state index in [0.717, 1.165) is 24.1 Å². The molecule has 5 nitrogen and oxygen atoms in total. The molecule has 1 aromatic rings. The largest absolute Gasteiger partial charge is 0.351 e. The van der Waals surface area contributed by atoms with Crippen LogP contribution in [-0.4, -0.2) is 47.9 Å². The summed E-state index contributed by atoms with van der Waals surface area (Å²) < 4.78 is 0. The molecular formula is C19H29N3O2S. The van der Waals surface area contributed by atoms with Crippen LogP contribution in [0.15, 0.2) is 6.07 Å². The Bertz CT molecular complexity index is 662. The number of carbonyl (C=O) groups excluding carboxylic acids is 2. The standard InChI is InChI=1S/C19H29N3O2S/c1-19(2,3)14-5-6-15-13(11-14)12-16(25-15)17(23)21-7-4-8-22(10-9-21)18(20)24/h12,14H,4-11H2,1-3H3,(H2,20,24). The Hall–Kier alpha value is -1.56. The molecule has 0 radical (unpaired) electrons. The van der Waals surface area contributed by atoms with Gasteiger partial charge in [0.2, 0.25) is 0 Å². The summed E-state index contributed by atoms with van der Waals surface area (Å²) in [7, 11) is 0. The Morgan fingerprint density at radius 1 is 1.16 bits per heavy atom. The zero-order chi connectivity index (χ0) is 18.2. The van der Waals surface area contributed by atoms with Gasteiger partial charge in [-0.1, -0.05) is 20.8 Å². The lowest BCUT2D eigenvalue weighted by molar-refractivity contribution is 0.0767. The van der Waals surface area contributed by atoms with Gasteiger partial charge in [0.1, 0.15) is 0 Å². The molecule has 1 unspecified atom stereocenters. The molecule has 2 heterocycles. The molecule has 2 N–H and O–H groups in total.